The van der Waals surface area contributed by atoms with E-state index in [0.717, 1.165) is 39.0 Å². The Kier molecular flexibility index (Phi) is 3.19. The molecular weight excluding hydrogens is 166 g/mol. The van der Waals surface area contributed by atoms with Crippen LogP contribution in [-0.4, -0.2) is 50.0 Å². The molecule has 0 aliphatic carbocycles. The van der Waals surface area contributed by atoms with Crippen LogP contribution in [0.2, 0.25) is 0 Å². The molecule has 3 nitrogen and oxygen atoms in total. The lowest BCUT2D eigenvalue weighted by atomic mass is 10.1. The first-order valence-electron chi connectivity index (χ1n) is 5.29. The Hall–Kier alpha value is -0.120. The third-order valence-corrected chi connectivity index (χ3v) is 2.98. The van der Waals surface area contributed by atoms with Gasteiger partial charge in [0, 0.05) is 32.3 Å². The van der Waals surface area contributed by atoms with E-state index in [2.05, 4.69) is 11.8 Å². The molecule has 2 aliphatic heterocycles. The minimum Gasteiger partial charge on any atom is -0.381 e. The molecule has 0 aromatic carbocycles. The number of morpholine rings is 1. The molecule has 0 spiro atoms. The molecule has 2 fully saturated rings. The Morgan fingerprint density at radius 1 is 1.15 bits per heavy atom. The van der Waals surface area contributed by atoms with E-state index in [-0.39, 0.29) is 0 Å². The van der Waals surface area contributed by atoms with Crippen LogP contribution in [0.5, 0.6) is 0 Å². The third kappa shape index (κ3) is 2.42. The van der Waals surface area contributed by atoms with E-state index in [1.807, 2.05) is 0 Å². The van der Waals surface area contributed by atoms with Gasteiger partial charge in [0.15, 0.2) is 0 Å². The maximum absolute atomic E-state index is 5.53. The summed E-state index contributed by atoms with van der Waals surface area (Å²) >= 11 is 0. The van der Waals surface area contributed by atoms with Gasteiger partial charge >= 0.3 is 0 Å². The molecule has 0 amide bonds. The normalized spacial score (nSPS) is 33.5. The van der Waals surface area contributed by atoms with Crippen molar-refractivity contribution in [3.05, 3.63) is 0 Å². The zero-order chi connectivity index (χ0) is 9.10. The highest BCUT2D eigenvalue weighted by molar-refractivity contribution is 4.78. The Morgan fingerprint density at radius 3 is 2.62 bits per heavy atom. The van der Waals surface area contributed by atoms with E-state index in [9.17, 15) is 0 Å². The second-order valence-corrected chi connectivity index (χ2v) is 4.02. The minimum absolute atomic E-state index is 0.414. The fraction of sp³-hybridized carbons (Fsp3) is 1.00. The summed E-state index contributed by atoms with van der Waals surface area (Å²) in [5.41, 5.74) is 0. The van der Waals surface area contributed by atoms with Gasteiger partial charge in [-0.2, -0.15) is 0 Å². The number of hydrogen-bond donors (Lipinski definition) is 0. The highest BCUT2D eigenvalue weighted by Crippen LogP contribution is 2.17. The molecule has 0 radical (unpaired) electrons. The Morgan fingerprint density at radius 2 is 1.92 bits per heavy atom. The Labute approximate surface area is 80.0 Å². The molecule has 76 valence electrons. The van der Waals surface area contributed by atoms with Crippen molar-refractivity contribution in [3.8, 4) is 0 Å². The van der Waals surface area contributed by atoms with Gasteiger partial charge < -0.3 is 9.47 Å². The topological polar surface area (TPSA) is 21.7 Å². The number of ether oxygens (including phenoxy) is 2. The average molecular weight is 185 g/mol. The van der Waals surface area contributed by atoms with Gasteiger partial charge in [0.25, 0.3) is 0 Å². The van der Waals surface area contributed by atoms with E-state index in [1.165, 1.54) is 12.8 Å². The predicted octanol–water partition coefficient (Wildman–Crippen LogP) is 0.886. The van der Waals surface area contributed by atoms with Gasteiger partial charge in [0.2, 0.25) is 0 Å². The van der Waals surface area contributed by atoms with Gasteiger partial charge in [0.05, 0.1) is 12.7 Å². The van der Waals surface area contributed by atoms with Crippen molar-refractivity contribution >= 4 is 0 Å². The molecule has 2 saturated heterocycles. The molecule has 1 unspecified atom stereocenters. The number of rotatable bonds is 1. The third-order valence-electron chi connectivity index (χ3n) is 2.98. The predicted molar refractivity (Wildman–Crippen MR) is 50.8 cm³/mol. The van der Waals surface area contributed by atoms with Crippen LogP contribution in [0.4, 0.5) is 0 Å². The van der Waals surface area contributed by atoms with Crippen LogP contribution in [-0.2, 0) is 9.47 Å². The van der Waals surface area contributed by atoms with Crippen molar-refractivity contribution in [2.45, 2.75) is 31.9 Å². The van der Waals surface area contributed by atoms with Gasteiger partial charge in [0.1, 0.15) is 0 Å². The van der Waals surface area contributed by atoms with E-state index in [4.69, 9.17) is 9.47 Å². The van der Waals surface area contributed by atoms with Gasteiger partial charge in [-0.25, -0.2) is 0 Å². The van der Waals surface area contributed by atoms with Crippen LogP contribution in [0.15, 0.2) is 0 Å². The first-order valence-corrected chi connectivity index (χ1v) is 5.29. The van der Waals surface area contributed by atoms with Gasteiger partial charge in [-0.1, -0.05) is 0 Å². The van der Waals surface area contributed by atoms with Crippen molar-refractivity contribution in [1.29, 1.82) is 0 Å². The molecule has 3 heteroatoms. The highest BCUT2D eigenvalue weighted by Gasteiger charge is 2.25. The largest absolute Gasteiger partial charge is 0.381 e. The van der Waals surface area contributed by atoms with Crippen molar-refractivity contribution in [1.82, 2.24) is 4.90 Å². The zero-order valence-electron chi connectivity index (χ0n) is 8.37. The summed E-state index contributed by atoms with van der Waals surface area (Å²) in [6.07, 6.45) is 2.82. The molecule has 0 aromatic heterocycles. The highest BCUT2D eigenvalue weighted by atomic mass is 16.5. The summed E-state index contributed by atoms with van der Waals surface area (Å²) in [4.78, 5) is 2.57. The molecule has 0 saturated carbocycles. The molecule has 0 bridgehead atoms. The summed E-state index contributed by atoms with van der Waals surface area (Å²) in [6, 6.07) is 0.750. The molecule has 2 rings (SSSR count). The zero-order valence-corrected chi connectivity index (χ0v) is 8.37. The van der Waals surface area contributed by atoms with Crippen LogP contribution in [0.25, 0.3) is 0 Å². The molecule has 0 aromatic rings. The fourth-order valence-electron chi connectivity index (χ4n) is 2.23. The lowest BCUT2D eigenvalue weighted by Gasteiger charge is -2.38. The van der Waals surface area contributed by atoms with Gasteiger partial charge in [-0.15, -0.1) is 0 Å². The maximum atomic E-state index is 5.53. The molecular formula is C10H19NO2. The van der Waals surface area contributed by atoms with Crippen molar-refractivity contribution in [3.63, 3.8) is 0 Å². The van der Waals surface area contributed by atoms with Crippen LogP contribution < -0.4 is 0 Å². The van der Waals surface area contributed by atoms with Crippen molar-refractivity contribution < 1.29 is 9.47 Å². The van der Waals surface area contributed by atoms with Crippen molar-refractivity contribution in [2.24, 2.45) is 0 Å². The van der Waals surface area contributed by atoms with Crippen LogP contribution in [0.1, 0.15) is 19.8 Å². The summed E-state index contributed by atoms with van der Waals surface area (Å²) in [5, 5.41) is 0. The Balaban J connectivity index is 1.83. The van der Waals surface area contributed by atoms with Crippen LogP contribution >= 0.6 is 0 Å². The lowest BCUT2D eigenvalue weighted by Crippen LogP contribution is -2.48. The SMILES string of the molecule is CC1CN(C2CCOCC2)CCO1. The second-order valence-electron chi connectivity index (χ2n) is 4.02. The summed E-state index contributed by atoms with van der Waals surface area (Å²) in [5.74, 6) is 0. The van der Waals surface area contributed by atoms with E-state index in [1.54, 1.807) is 0 Å². The Bertz CT molecular complexity index is 157. The number of hydrogen-bond acceptors (Lipinski definition) is 3. The molecule has 1 atom stereocenters. The molecule has 2 aliphatic rings. The summed E-state index contributed by atoms with van der Waals surface area (Å²) < 4.78 is 10.9. The minimum atomic E-state index is 0.414. The van der Waals surface area contributed by atoms with Gasteiger partial charge in [-0.05, 0) is 19.8 Å². The van der Waals surface area contributed by atoms with Crippen LogP contribution in [0.3, 0.4) is 0 Å². The summed E-state index contributed by atoms with van der Waals surface area (Å²) in [6.45, 7) is 7.15. The van der Waals surface area contributed by atoms with Crippen molar-refractivity contribution in [2.75, 3.05) is 32.9 Å². The molecule has 13 heavy (non-hydrogen) atoms. The monoisotopic (exact) mass is 185 g/mol. The smallest absolute Gasteiger partial charge is 0.0674 e. The van der Waals surface area contributed by atoms with Crippen LogP contribution in [0, 0.1) is 0 Å². The van der Waals surface area contributed by atoms with E-state index < -0.39 is 0 Å². The first kappa shape index (κ1) is 9.44. The van der Waals surface area contributed by atoms with E-state index in [0.29, 0.717) is 6.10 Å². The number of nitrogens with zero attached hydrogens (tertiary/aromatic N) is 1. The second kappa shape index (κ2) is 4.40. The quantitative estimate of drug-likeness (QED) is 0.605. The lowest BCUT2D eigenvalue weighted by molar-refractivity contribution is -0.0545. The first-order chi connectivity index (χ1) is 6.36. The van der Waals surface area contributed by atoms with E-state index >= 15 is 0 Å². The standard InChI is InChI=1S/C10H19NO2/c1-9-8-11(4-7-13-9)10-2-5-12-6-3-10/h9-10H,2-8H2,1H3. The summed E-state index contributed by atoms with van der Waals surface area (Å²) in [7, 11) is 0. The van der Waals surface area contributed by atoms with Gasteiger partial charge in [-0.3, -0.25) is 4.90 Å². The average Bonchev–Trinajstić information content (AvgIpc) is 2.19. The fourth-order valence-corrected chi connectivity index (χ4v) is 2.23. The molecule has 0 N–H and O–H groups in total. The maximum Gasteiger partial charge on any atom is 0.0674 e. The molecule has 2 heterocycles.